The Morgan fingerprint density at radius 1 is 1.00 bits per heavy atom. The summed E-state index contributed by atoms with van der Waals surface area (Å²) in [5.74, 6) is -0.203. The van der Waals surface area contributed by atoms with Gasteiger partial charge in [0.05, 0.1) is 0 Å². The molecule has 0 aromatic heterocycles. The first-order chi connectivity index (χ1) is 18.7. The van der Waals surface area contributed by atoms with E-state index < -0.39 is 12.1 Å². The molecule has 0 bridgehead atoms. The monoisotopic (exact) mass is 637 g/mol. The molecule has 3 unspecified atom stereocenters. The van der Waals surface area contributed by atoms with Gasteiger partial charge in [0, 0.05) is 28.2 Å². The average molecular weight is 638 g/mol. The third kappa shape index (κ3) is 17.9. The van der Waals surface area contributed by atoms with Crippen LogP contribution in [0.3, 0.4) is 0 Å². The summed E-state index contributed by atoms with van der Waals surface area (Å²) in [5.41, 5.74) is 8.49. The number of ketones is 1. The van der Waals surface area contributed by atoms with Gasteiger partial charge in [0.2, 0.25) is 0 Å². The van der Waals surface area contributed by atoms with Crippen LogP contribution in [0.2, 0.25) is 0 Å². The van der Waals surface area contributed by atoms with E-state index in [-0.39, 0.29) is 62.9 Å². The maximum Gasteiger partial charge on any atom is 1.00 e. The van der Waals surface area contributed by atoms with E-state index in [4.69, 9.17) is 5.73 Å². The van der Waals surface area contributed by atoms with Crippen LogP contribution in [0.5, 0.6) is 0 Å². The fourth-order valence-electron chi connectivity index (χ4n) is 3.40. The van der Waals surface area contributed by atoms with Crippen molar-refractivity contribution < 1.29 is 69.4 Å². The third-order valence-corrected chi connectivity index (χ3v) is 8.90. The van der Waals surface area contributed by atoms with Crippen LogP contribution in [-0.2, 0) is 10.7 Å². The predicted octanol–water partition coefficient (Wildman–Crippen LogP) is 7.72. The molecule has 0 fully saturated rings. The zero-order valence-electron chi connectivity index (χ0n) is 26.8. The molecule has 228 valence electrons. The van der Waals surface area contributed by atoms with Gasteiger partial charge < -0.3 is 12.7 Å². The maximum absolute atomic E-state index is 13.7. The number of halogens is 3. The normalized spacial score (nSPS) is 13.0. The van der Waals surface area contributed by atoms with Gasteiger partial charge in [-0.3, -0.25) is 4.79 Å². The van der Waals surface area contributed by atoms with Crippen molar-refractivity contribution in [2.24, 2.45) is 11.7 Å². The molecule has 0 spiro atoms. The number of nitrogens with two attached hydrogens (primary N) is 1. The van der Waals surface area contributed by atoms with E-state index in [1.807, 2.05) is 51.1 Å². The minimum atomic E-state index is -2.80. The van der Waals surface area contributed by atoms with E-state index >= 15 is 0 Å². The van der Waals surface area contributed by atoms with Gasteiger partial charge in [0.1, 0.15) is 12.0 Å². The Bertz CT molecular complexity index is 999. The molecule has 0 aliphatic carbocycles. The second-order valence-corrected chi connectivity index (χ2v) is 12.5. The van der Waals surface area contributed by atoms with E-state index in [0.717, 1.165) is 65.7 Å². The second-order valence-electron chi connectivity index (χ2n) is 10.2. The zero-order chi connectivity index (χ0) is 30.9. The summed E-state index contributed by atoms with van der Waals surface area (Å²) in [7, 11) is 0. The van der Waals surface area contributed by atoms with Gasteiger partial charge in [-0.1, -0.05) is 51.5 Å². The Morgan fingerprint density at radius 2 is 1.59 bits per heavy atom. The molecule has 0 saturated carbocycles. The molecule has 41 heavy (non-hydrogen) atoms. The average Bonchev–Trinajstić information content (AvgIpc) is 2.91. The van der Waals surface area contributed by atoms with E-state index in [9.17, 15) is 18.0 Å². The van der Waals surface area contributed by atoms with Crippen LogP contribution in [0.4, 0.5) is 13.2 Å². The molecular weight excluding hydrogens is 587 g/mol. The van der Waals surface area contributed by atoms with Gasteiger partial charge in [-0.2, -0.15) is 6.42 Å². The number of hydrogen-bond acceptors (Lipinski definition) is 4. The third-order valence-electron chi connectivity index (χ3n) is 6.57. The molecule has 2 rings (SSSR count). The topological polar surface area (TPSA) is 43.1 Å². The fourth-order valence-corrected chi connectivity index (χ4v) is 5.41. The standard InChI is InChI=1S/C15H23F2NS.C12H16FS.C6H12O.K/c1-4-11(2)12-6-7-14(19-9-5-8-18)13(10-12)15(3,16)17;1-4-7-14-12-6-5-9(2)8-11(12)10(3)13;1-4-5(2)6(3)7;/h6-7,10-11H,4-5,8-9,18H2,1-3H3;5-6,8,10H,1,4,7H2,2-3H3;5H,4H2,1-3H3;/q;-1;;+1. The number of benzene rings is 2. The second kappa shape index (κ2) is 23.6. The molecule has 0 saturated heterocycles. The molecule has 0 heterocycles. The number of Topliss-reactive ketones (excluding diaryl/α,β-unsaturated/α-hetero) is 1. The Balaban J connectivity index is 0. The Morgan fingerprint density at radius 3 is 2.02 bits per heavy atom. The van der Waals surface area contributed by atoms with Crippen molar-refractivity contribution in [1.82, 2.24) is 0 Å². The summed E-state index contributed by atoms with van der Waals surface area (Å²) in [6, 6.07) is 11.4. The van der Waals surface area contributed by atoms with Gasteiger partial charge in [-0.05, 0) is 93.3 Å². The van der Waals surface area contributed by atoms with Crippen LogP contribution in [0, 0.1) is 19.8 Å². The molecule has 0 amide bonds. The van der Waals surface area contributed by atoms with Crippen LogP contribution in [0.25, 0.3) is 0 Å². The number of alkyl halides is 3. The summed E-state index contributed by atoms with van der Waals surface area (Å²) in [5, 5.41) is 0. The predicted molar refractivity (Wildman–Crippen MR) is 171 cm³/mol. The molecule has 8 heteroatoms. The van der Waals surface area contributed by atoms with E-state index in [2.05, 4.69) is 20.8 Å². The first-order valence-corrected chi connectivity index (χ1v) is 16.2. The number of aryl methyl sites for hydroxylation is 1. The van der Waals surface area contributed by atoms with Crippen LogP contribution in [-0.4, -0.2) is 23.8 Å². The quantitative estimate of drug-likeness (QED) is 0.106. The van der Waals surface area contributed by atoms with Crippen molar-refractivity contribution in [2.45, 2.75) is 109 Å². The van der Waals surface area contributed by atoms with Gasteiger partial charge >= 0.3 is 51.4 Å². The van der Waals surface area contributed by atoms with E-state index in [1.165, 1.54) is 11.8 Å². The van der Waals surface area contributed by atoms with Crippen molar-refractivity contribution in [1.29, 1.82) is 0 Å². The largest absolute Gasteiger partial charge is 1.00 e. The summed E-state index contributed by atoms with van der Waals surface area (Å²) in [6.07, 6.45) is 2.75. The molecule has 2 aromatic rings. The van der Waals surface area contributed by atoms with Gasteiger partial charge in [0.25, 0.3) is 5.92 Å². The summed E-state index contributed by atoms with van der Waals surface area (Å²) < 4.78 is 40.7. The minimum Gasteiger partial charge on any atom is -0.343 e. The molecular formula is C33H51F3KNOS2. The van der Waals surface area contributed by atoms with Crippen LogP contribution in [0.15, 0.2) is 46.2 Å². The molecule has 0 aliphatic rings. The Hall–Kier alpha value is 0.196. The zero-order valence-corrected chi connectivity index (χ0v) is 31.5. The summed E-state index contributed by atoms with van der Waals surface area (Å²) >= 11 is 3.15. The molecule has 0 aliphatic heterocycles. The van der Waals surface area contributed by atoms with Crippen molar-refractivity contribution in [3.63, 3.8) is 0 Å². The van der Waals surface area contributed by atoms with Crippen molar-refractivity contribution in [2.75, 3.05) is 18.1 Å². The molecule has 2 nitrogen and oxygen atoms in total. The maximum atomic E-state index is 13.7. The molecule has 2 N–H and O–H groups in total. The summed E-state index contributed by atoms with van der Waals surface area (Å²) in [6.45, 7) is 18.6. The number of carbonyl (C=O) groups excluding carboxylic acids is 1. The van der Waals surface area contributed by atoms with Crippen molar-refractivity contribution in [3.05, 3.63) is 65.6 Å². The summed E-state index contributed by atoms with van der Waals surface area (Å²) in [4.78, 5) is 12.1. The van der Waals surface area contributed by atoms with Crippen molar-refractivity contribution >= 4 is 29.3 Å². The number of rotatable bonds is 13. The van der Waals surface area contributed by atoms with Crippen LogP contribution in [0.1, 0.15) is 108 Å². The van der Waals surface area contributed by atoms with Gasteiger partial charge in [-0.15, -0.1) is 23.5 Å². The molecule has 3 atom stereocenters. The number of hydrogen-bond donors (Lipinski definition) is 1. The number of thioether (sulfide) groups is 2. The Kier molecular flexibility index (Phi) is 24.9. The number of carbonyl (C=O) groups is 1. The molecule has 0 radical (unpaired) electrons. The van der Waals surface area contributed by atoms with Gasteiger partial charge in [-0.25, -0.2) is 13.2 Å². The SMILES string of the molecule is CCC(C)C(C)=O.CCC(C)c1ccc(SCCCN)c(C(C)(F)F)c1.[CH2-]CCSc1ccc(C)cc1C(C)F.[K+]. The van der Waals surface area contributed by atoms with E-state index in [0.29, 0.717) is 23.1 Å². The van der Waals surface area contributed by atoms with Crippen LogP contribution >= 0.6 is 23.5 Å². The molecule has 2 aromatic carbocycles. The van der Waals surface area contributed by atoms with Crippen molar-refractivity contribution in [3.8, 4) is 0 Å². The smallest absolute Gasteiger partial charge is 0.343 e. The Labute approximate surface area is 299 Å². The van der Waals surface area contributed by atoms with Gasteiger partial charge in [0.15, 0.2) is 0 Å². The minimum absolute atomic E-state index is 0. The fraction of sp³-hybridized carbons (Fsp3) is 0.576. The van der Waals surface area contributed by atoms with Crippen LogP contribution < -0.4 is 57.1 Å². The first kappa shape index (κ1) is 43.3. The first-order valence-electron chi connectivity index (χ1n) is 14.2. The van der Waals surface area contributed by atoms with E-state index in [1.54, 1.807) is 31.7 Å².